The normalized spacial score (nSPS) is 24.2. The number of hydrogen-bond acceptors (Lipinski definition) is 9. The molecule has 11 heteroatoms. The maximum atomic E-state index is 13.2. The number of benzene rings is 4. The molecule has 5 heterocycles. The van der Waals surface area contributed by atoms with Crippen LogP contribution in [-0.2, 0) is 16.1 Å². The number of ether oxygens (including phenoxy) is 2. The Hall–Kier alpha value is -5.55. The van der Waals surface area contributed by atoms with Crippen LogP contribution in [0.2, 0.25) is 0 Å². The largest absolute Gasteiger partial charge is 0.508 e. The number of imide groups is 1. The van der Waals surface area contributed by atoms with Crippen LogP contribution in [0, 0.1) is 5.92 Å². The van der Waals surface area contributed by atoms with Gasteiger partial charge in [0, 0.05) is 99.2 Å². The fraction of sp³-hybridized carbons (Fsp3) is 0.413. The van der Waals surface area contributed by atoms with Crippen LogP contribution in [0.3, 0.4) is 0 Å². The van der Waals surface area contributed by atoms with E-state index < -0.39 is 6.04 Å². The van der Waals surface area contributed by atoms with Crippen molar-refractivity contribution >= 4 is 29.1 Å². The summed E-state index contributed by atoms with van der Waals surface area (Å²) in [5, 5.41) is 12.7. The van der Waals surface area contributed by atoms with Gasteiger partial charge in [0.25, 0.3) is 5.91 Å². The molecule has 0 radical (unpaired) electrons. The summed E-state index contributed by atoms with van der Waals surface area (Å²) in [7, 11) is 1.70. The Morgan fingerprint density at radius 3 is 2.32 bits per heavy atom. The van der Waals surface area contributed by atoms with Gasteiger partial charge in [-0.2, -0.15) is 0 Å². The van der Waals surface area contributed by atoms with Crippen LogP contribution in [0.25, 0.3) is 0 Å². The fourth-order valence-electron chi connectivity index (χ4n) is 9.90. The van der Waals surface area contributed by atoms with Crippen LogP contribution in [0.1, 0.15) is 77.1 Å². The second kappa shape index (κ2) is 15.4. The molecule has 0 aromatic heterocycles. The number of hydrogen-bond donors (Lipinski definition) is 2. The SMILES string of the molecule is COc1cccc(C2C(c3ccc(N4CCC(CN5CCN(c6ccc7c(c6)CN([C@H]6CCC(=O)NC6=O)C7=O)CC5)CC4)cc3)c3ccc(O)cc3O[C@@H]2C)c1. The number of anilines is 2. The molecule has 9 rings (SSSR count). The molecule has 57 heavy (non-hydrogen) atoms. The third kappa shape index (κ3) is 7.29. The summed E-state index contributed by atoms with van der Waals surface area (Å²) in [5.74, 6) is 1.78. The van der Waals surface area contributed by atoms with E-state index in [0.29, 0.717) is 24.4 Å². The first-order chi connectivity index (χ1) is 27.7. The lowest BCUT2D eigenvalue weighted by Crippen LogP contribution is -2.52. The fourth-order valence-corrected chi connectivity index (χ4v) is 9.90. The zero-order valence-electron chi connectivity index (χ0n) is 32.7. The van der Waals surface area contributed by atoms with Crippen molar-refractivity contribution in [3.63, 3.8) is 0 Å². The van der Waals surface area contributed by atoms with Crippen molar-refractivity contribution in [2.75, 3.05) is 62.7 Å². The van der Waals surface area contributed by atoms with Gasteiger partial charge in [-0.1, -0.05) is 30.3 Å². The highest BCUT2D eigenvalue weighted by Gasteiger charge is 2.40. The zero-order valence-corrected chi connectivity index (χ0v) is 32.7. The molecule has 4 aromatic carbocycles. The molecule has 2 N–H and O–H groups in total. The van der Waals surface area contributed by atoms with Gasteiger partial charge in [0.15, 0.2) is 0 Å². The van der Waals surface area contributed by atoms with Crippen LogP contribution in [-0.4, -0.2) is 97.7 Å². The van der Waals surface area contributed by atoms with Gasteiger partial charge in [0.2, 0.25) is 11.8 Å². The molecule has 296 valence electrons. The second-order valence-corrected chi connectivity index (χ2v) is 16.4. The number of carbonyl (C=O) groups is 3. The smallest absolute Gasteiger partial charge is 0.255 e. The quantitative estimate of drug-likeness (QED) is 0.212. The van der Waals surface area contributed by atoms with E-state index in [9.17, 15) is 19.5 Å². The number of rotatable bonds is 8. The first-order valence-corrected chi connectivity index (χ1v) is 20.5. The van der Waals surface area contributed by atoms with Gasteiger partial charge in [-0.15, -0.1) is 0 Å². The standard InChI is InChI=1S/C46H51N5O6/c1-29-43(32-4-3-5-37(25-32)56-2)44(39-13-11-36(52)26-41(39)57-29)31-6-8-34(9-7-31)49-18-16-30(17-19-49)27-48-20-22-50(23-21-48)35-10-12-38-33(24-35)28-51(46(38)55)40-14-15-42(53)47-45(40)54/h3-13,24-26,29-30,40,43-44,52H,14-23,27-28H2,1-2H3,(H,47,53,54)/t29-,40+,43?,44?/m1/s1. The minimum atomic E-state index is -0.594. The van der Waals surface area contributed by atoms with Crippen LogP contribution in [0.15, 0.2) is 84.9 Å². The molecular weight excluding hydrogens is 719 g/mol. The number of phenolic OH excluding ortho intramolecular Hbond substituents is 1. The molecule has 0 bridgehead atoms. The van der Waals surface area contributed by atoms with Gasteiger partial charge < -0.3 is 29.3 Å². The van der Waals surface area contributed by atoms with Crippen molar-refractivity contribution in [3.8, 4) is 17.2 Å². The number of fused-ring (bicyclic) bond motifs is 2. The lowest BCUT2D eigenvalue weighted by molar-refractivity contribution is -0.136. The lowest BCUT2D eigenvalue weighted by Gasteiger charge is -2.40. The molecule has 0 saturated carbocycles. The van der Waals surface area contributed by atoms with E-state index in [1.54, 1.807) is 24.1 Å². The first kappa shape index (κ1) is 37.1. The average Bonchev–Trinajstić information content (AvgIpc) is 3.55. The van der Waals surface area contributed by atoms with Gasteiger partial charge in [-0.3, -0.25) is 24.6 Å². The maximum absolute atomic E-state index is 13.2. The summed E-state index contributed by atoms with van der Waals surface area (Å²) in [4.78, 5) is 46.4. The van der Waals surface area contributed by atoms with Crippen molar-refractivity contribution in [1.29, 1.82) is 0 Å². The number of nitrogens with zero attached hydrogens (tertiary/aromatic N) is 4. The number of piperazine rings is 1. The highest BCUT2D eigenvalue weighted by molar-refractivity contribution is 6.05. The second-order valence-electron chi connectivity index (χ2n) is 16.4. The van der Waals surface area contributed by atoms with E-state index in [4.69, 9.17) is 9.47 Å². The third-order valence-corrected chi connectivity index (χ3v) is 13.0. The van der Waals surface area contributed by atoms with E-state index in [1.165, 1.54) is 16.8 Å². The Morgan fingerprint density at radius 2 is 1.56 bits per heavy atom. The molecule has 3 fully saturated rings. The van der Waals surface area contributed by atoms with Gasteiger partial charge in [-0.25, -0.2) is 0 Å². The molecule has 5 aliphatic rings. The minimum Gasteiger partial charge on any atom is -0.508 e. The maximum Gasteiger partial charge on any atom is 0.255 e. The van der Waals surface area contributed by atoms with Crippen molar-refractivity contribution in [1.82, 2.24) is 15.1 Å². The van der Waals surface area contributed by atoms with Crippen molar-refractivity contribution in [2.45, 2.75) is 63.1 Å². The van der Waals surface area contributed by atoms with Crippen molar-refractivity contribution in [2.24, 2.45) is 5.92 Å². The molecule has 2 unspecified atom stereocenters. The van der Waals surface area contributed by atoms with Crippen LogP contribution < -0.4 is 24.6 Å². The number of amides is 3. The van der Waals surface area contributed by atoms with E-state index in [2.05, 4.69) is 69.4 Å². The monoisotopic (exact) mass is 769 g/mol. The average molecular weight is 770 g/mol. The molecule has 0 spiro atoms. The number of piperidine rings is 2. The summed E-state index contributed by atoms with van der Waals surface area (Å²) < 4.78 is 12.0. The van der Waals surface area contributed by atoms with E-state index in [0.717, 1.165) is 87.0 Å². The highest BCUT2D eigenvalue weighted by Crippen LogP contribution is 2.50. The van der Waals surface area contributed by atoms with Crippen molar-refractivity contribution in [3.05, 3.63) is 113 Å². The Labute approximate surface area is 334 Å². The van der Waals surface area contributed by atoms with Crippen molar-refractivity contribution < 1.29 is 29.0 Å². The Bertz CT molecular complexity index is 2160. The molecule has 0 aliphatic carbocycles. The van der Waals surface area contributed by atoms with Crippen LogP contribution in [0.5, 0.6) is 17.2 Å². The molecule has 5 aliphatic heterocycles. The summed E-state index contributed by atoms with van der Waals surface area (Å²) >= 11 is 0. The Morgan fingerprint density at radius 1 is 0.807 bits per heavy atom. The van der Waals surface area contributed by atoms with Gasteiger partial charge >= 0.3 is 0 Å². The Balaban J connectivity index is 0.796. The third-order valence-electron chi connectivity index (χ3n) is 13.0. The summed E-state index contributed by atoms with van der Waals surface area (Å²) in [6, 6.07) is 28.4. The summed E-state index contributed by atoms with van der Waals surface area (Å²) in [6.07, 6.45) is 2.85. The number of phenols is 1. The number of carbonyl (C=O) groups excluding carboxylic acids is 3. The molecule has 3 amide bonds. The topological polar surface area (TPSA) is 115 Å². The van der Waals surface area contributed by atoms with Gasteiger partial charge in [0.1, 0.15) is 29.4 Å². The molecule has 11 nitrogen and oxygen atoms in total. The van der Waals surface area contributed by atoms with Crippen LogP contribution in [0.4, 0.5) is 11.4 Å². The number of aromatic hydroxyl groups is 1. The predicted molar refractivity (Wildman–Crippen MR) is 218 cm³/mol. The number of methoxy groups -OCH3 is 1. The zero-order chi connectivity index (χ0) is 39.2. The predicted octanol–water partition coefficient (Wildman–Crippen LogP) is 5.90. The minimum absolute atomic E-state index is 0.0546. The molecular formula is C46H51N5O6. The lowest BCUT2D eigenvalue weighted by atomic mass is 9.73. The Kier molecular flexibility index (Phi) is 10.0. The van der Waals surface area contributed by atoms with Gasteiger partial charge in [0.05, 0.1) is 7.11 Å². The number of nitrogens with one attached hydrogen (secondary N) is 1. The molecule has 4 aromatic rings. The summed E-state index contributed by atoms with van der Waals surface area (Å²) in [6.45, 7) is 9.58. The van der Waals surface area contributed by atoms with Gasteiger partial charge in [-0.05, 0) is 97.3 Å². The molecule has 4 atom stereocenters. The van der Waals surface area contributed by atoms with E-state index >= 15 is 0 Å². The summed E-state index contributed by atoms with van der Waals surface area (Å²) in [5.41, 5.74) is 7.46. The molecule has 3 saturated heterocycles. The first-order valence-electron chi connectivity index (χ1n) is 20.5. The van der Waals surface area contributed by atoms with E-state index in [1.807, 2.05) is 30.3 Å². The highest BCUT2D eigenvalue weighted by atomic mass is 16.5. The van der Waals surface area contributed by atoms with E-state index in [-0.39, 0.29) is 47.8 Å². The van der Waals surface area contributed by atoms with Crippen LogP contribution >= 0.6 is 0 Å².